The molecule has 0 aliphatic rings. The minimum atomic E-state index is -4.46. The zero-order chi connectivity index (χ0) is 21.4. The van der Waals surface area contributed by atoms with Crippen molar-refractivity contribution in [3.05, 3.63) is 77.9 Å². The number of esters is 1. The lowest BCUT2D eigenvalue weighted by Gasteiger charge is -2.22. The molecule has 3 N–H and O–H groups in total. The van der Waals surface area contributed by atoms with Crippen molar-refractivity contribution < 1.29 is 27.8 Å². The number of hydrogen-bond acceptors (Lipinski definition) is 5. The Bertz CT molecular complexity index is 808. The zero-order valence-corrected chi connectivity index (χ0v) is 15.9. The lowest BCUT2D eigenvalue weighted by Crippen LogP contribution is -2.42. The van der Waals surface area contributed by atoms with Gasteiger partial charge >= 0.3 is 12.1 Å². The van der Waals surface area contributed by atoms with Gasteiger partial charge in [0.05, 0.1) is 18.3 Å². The Labute approximate surface area is 167 Å². The fourth-order valence-corrected chi connectivity index (χ4v) is 2.59. The Morgan fingerprint density at radius 3 is 2.31 bits per heavy atom. The minimum Gasteiger partial charge on any atom is -0.465 e. The smallest absolute Gasteiger partial charge is 0.416 e. The van der Waals surface area contributed by atoms with E-state index in [0.717, 1.165) is 17.8 Å². The molecule has 0 aliphatic heterocycles. The molecule has 2 aromatic rings. The maximum atomic E-state index is 12.7. The maximum Gasteiger partial charge on any atom is 0.416 e. The van der Waals surface area contributed by atoms with E-state index in [2.05, 4.69) is 17.4 Å². The van der Waals surface area contributed by atoms with Crippen molar-refractivity contribution in [1.29, 1.82) is 0 Å². The number of carbonyl (C=O) groups excluding carboxylic acids is 1. The van der Waals surface area contributed by atoms with Crippen molar-refractivity contribution >= 4 is 11.7 Å². The second-order valence-electron chi connectivity index (χ2n) is 6.32. The van der Waals surface area contributed by atoms with Gasteiger partial charge in [-0.3, -0.25) is 4.79 Å². The number of carbonyl (C=O) groups is 1. The maximum absolute atomic E-state index is 12.7. The van der Waals surface area contributed by atoms with Gasteiger partial charge in [0, 0.05) is 5.69 Å². The number of alkyl halides is 3. The standard InChI is InChI=1S/C21H23F3N2O3/c1-3-29-20(28)18(26-25-17-7-5-4-6-8-17)13-14(2)19(27)15-9-11-16(12-10-15)21(22,23)24/h4-12,18-19,25-27H,2-3,13H2,1H3. The summed E-state index contributed by atoms with van der Waals surface area (Å²) in [4.78, 5) is 12.2. The van der Waals surface area contributed by atoms with E-state index in [1.54, 1.807) is 19.1 Å². The first-order valence-electron chi connectivity index (χ1n) is 8.98. The molecule has 0 saturated heterocycles. The van der Waals surface area contributed by atoms with Crippen LogP contribution in [0.15, 0.2) is 66.7 Å². The van der Waals surface area contributed by atoms with Crippen LogP contribution in [0.2, 0.25) is 0 Å². The number of aliphatic hydroxyl groups excluding tert-OH is 1. The summed E-state index contributed by atoms with van der Waals surface area (Å²) in [6, 6.07) is 12.4. The predicted molar refractivity (Wildman–Crippen MR) is 104 cm³/mol. The van der Waals surface area contributed by atoms with Gasteiger partial charge in [-0.05, 0) is 48.7 Å². The number of hydrogen-bond donors (Lipinski definition) is 3. The van der Waals surface area contributed by atoms with E-state index in [-0.39, 0.29) is 24.2 Å². The molecule has 0 aromatic heterocycles. The first-order valence-corrected chi connectivity index (χ1v) is 8.98. The molecule has 2 rings (SSSR count). The number of anilines is 1. The van der Waals surface area contributed by atoms with Crippen LogP contribution in [-0.2, 0) is 15.7 Å². The number of hydrazine groups is 1. The van der Waals surface area contributed by atoms with E-state index in [9.17, 15) is 23.1 Å². The molecule has 0 amide bonds. The van der Waals surface area contributed by atoms with E-state index >= 15 is 0 Å². The van der Waals surface area contributed by atoms with Gasteiger partial charge in [-0.15, -0.1) is 0 Å². The molecule has 0 saturated carbocycles. The van der Waals surface area contributed by atoms with E-state index in [1.165, 1.54) is 12.1 Å². The summed E-state index contributed by atoms with van der Waals surface area (Å²) in [5.74, 6) is -0.545. The number of nitrogens with one attached hydrogen (secondary N) is 2. The van der Waals surface area contributed by atoms with Crippen LogP contribution in [0.25, 0.3) is 0 Å². The highest BCUT2D eigenvalue weighted by molar-refractivity contribution is 5.76. The van der Waals surface area contributed by atoms with Crippen LogP contribution >= 0.6 is 0 Å². The monoisotopic (exact) mass is 408 g/mol. The van der Waals surface area contributed by atoms with Gasteiger partial charge in [0.15, 0.2) is 0 Å². The summed E-state index contributed by atoms with van der Waals surface area (Å²) >= 11 is 0. The van der Waals surface area contributed by atoms with Gasteiger partial charge < -0.3 is 15.3 Å². The van der Waals surface area contributed by atoms with Crippen molar-refractivity contribution in [2.75, 3.05) is 12.0 Å². The van der Waals surface area contributed by atoms with Crippen LogP contribution in [0.3, 0.4) is 0 Å². The average Bonchev–Trinajstić information content (AvgIpc) is 2.70. The third-order valence-electron chi connectivity index (χ3n) is 4.14. The van der Waals surface area contributed by atoms with Crippen molar-refractivity contribution in [1.82, 2.24) is 5.43 Å². The Balaban J connectivity index is 2.06. The average molecular weight is 408 g/mol. The van der Waals surface area contributed by atoms with Gasteiger partial charge in [-0.2, -0.15) is 13.2 Å². The van der Waals surface area contributed by atoms with E-state index in [4.69, 9.17) is 4.74 Å². The number of rotatable bonds is 9. The van der Waals surface area contributed by atoms with Gasteiger partial charge in [0.2, 0.25) is 0 Å². The topological polar surface area (TPSA) is 70.6 Å². The lowest BCUT2D eigenvalue weighted by atomic mass is 9.96. The highest BCUT2D eigenvalue weighted by Crippen LogP contribution is 2.31. The minimum absolute atomic E-state index is 0.0147. The van der Waals surface area contributed by atoms with Crippen molar-refractivity contribution in [3.63, 3.8) is 0 Å². The molecule has 0 spiro atoms. The van der Waals surface area contributed by atoms with Crippen molar-refractivity contribution in [3.8, 4) is 0 Å². The van der Waals surface area contributed by atoms with E-state index in [0.29, 0.717) is 0 Å². The molecule has 0 aliphatic carbocycles. The Morgan fingerprint density at radius 2 is 1.76 bits per heavy atom. The van der Waals surface area contributed by atoms with Crippen LogP contribution in [0.1, 0.15) is 30.6 Å². The first kappa shape index (κ1) is 22.4. The van der Waals surface area contributed by atoms with Crippen LogP contribution in [-0.4, -0.2) is 23.7 Å². The first-order chi connectivity index (χ1) is 13.7. The summed E-state index contributed by atoms with van der Waals surface area (Å²) in [7, 11) is 0. The molecular weight excluding hydrogens is 385 g/mol. The van der Waals surface area contributed by atoms with E-state index in [1.807, 2.05) is 18.2 Å². The summed E-state index contributed by atoms with van der Waals surface area (Å²) in [5, 5.41) is 10.4. The number of para-hydroxylation sites is 1. The second-order valence-corrected chi connectivity index (χ2v) is 6.32. The molecule has 2 aromatic carbocycles. The number of benzene rings is 2. The van der Waals surface area contributed by atoms with Gasteiger partial charge in [0.25, 0.3) is 0 Å². The Morgan fingerprint density at radius 1 is 1.14 bits per heavy atom. The molecule has 156 valence electrons. The molecule has 2 unspecified atom stereocenters. The third kappa shape index (κ3) is 6.62. The molecule has 0 fully saturated rings. The SMILES string of the molecule is C=C(CC(NNc1ccccc1)C(=O)OCC)C(O)c1ccc(C(F)(F)F)cc1. The van der Waals surface area contributed by atoms with Crippen LogP contribution in [0, 0.1) is 0 Å². The molecule has 29 heavy (non-hydrogen) atoms. The van der Waals surface area contributed by atoms with Gasteiger partial charge in [0.1, 0.15) is 6.04 Å². The largest absolute Gasteiger partial charge is 0.465 e. The summed E-state index contributed by atoms with van der Waals surface area (Å²) in [5.41, 5.74) is 6.15. The third-order valence-corrected chi connectivity index (χ3v) is 4.14. The summed E-state index contributed by atoms with van der Waals surface area (Å²) in [6.07, 6.45) is -5.67. The van der Waals surface area contributed by atoms with Crippen LogP contribution in [0.5, 0.6) is 0 Å². The molecule has 5 nitrogen and oxygen atoms in total. The number of aliphatic hydroxyl groups is 1. The lowest BCUT2D eigenvalue weighted by molar-refractivity contribution is -0.145. The highest BCUT2D eigenvalue weighted by Gasteiger charge is 2.30. The molecule has 0 bridgehead atoms. The molecule has 0 radical (unpaired) electrons. The van der Waals surface area contributed by atoms with Crippen LogP contribution < -0.4 is 10.9 Å². The fourth-order valence-electron chi connectivity index (χ4n) is 2.59. The summed E-state index contributed by atoms with van der Waals surface area (Å²) < 4.78 is 43.1. The Kier molecular flexibility index (Phi) is 7.81. The molecule has 2 atom stereocenters. The molecule has 8 heteroatoms. The normalized spacial score (nSPS) is 13.4. The molecular formula is C21H23F3N2O3. The molecule has 0 heterocycles. The number of ether oxygens (including phenoxy) is 1. The van der Waals surface area contributed by atoms with Crippen LogP contribution in [0.4, 0.5) is 18.9 Å². The summed E-state index contributed by atoms with van der Waals surface area (Å²) in [6.45, 7) is 5.64. The quantitative estimate of drug-likeness (QED) is 0.329. The number of halogens is 3. The van der Waals surface area contributed by atoms with Gasteiger partial charge in [-0.25, -0.2) is 5.43 Å². The van der Waals surface area contributed by atoms with Crippen molar-refractivity contribution in [2.45, 2.75) is 31.7 Å². The van der Waals surface area contributed by atoms with Crippen molar-refractivity contribution in [2.24, 2.45) is 0 Å². The van der Waals surface area contributed by atoms with E-state index < -0.39 is 29.9 Å². The fraction of sp³-hybridized carbons (Fsp3) is 0.286. The Hall–Kier alpha value is -2.84. The highest BCUT2D eigenvalue weighted by atomic mass is 19.4. The van der Waals surface area contributed by atoms with Gasteiger partial charge in [-0.1, -0.05) is 36.9 Å². The zero-order valence-electron chi connectivity index (χ0n) is 15.9. The predicted octanol–water partition coefficient (Wildman–Crippen LogP) is 4.23. The second kappa shape index (κ2) is 10.1.